The second kappa shape index (κ2) is 5.15. The highest BCUT2D eigenvalue weighted by Gasteiger charge is 2.32. The Morgan fingerprint density at radius 1 is 1.25 bits per heavy atom. The Hall–Kier alpha value is -0.880. The Kier molecular flexibility index (Phi) is 3.62. The molecular weight excluding hydrogens is 274 g/mol. The third-order valence-corrected chi connectivity index (χ3v) is 5.94. The van der Waals surface area contributed by atoms with Gasteiger partial charge < -0.3 is 0 Å². The van der Waals surface area contributed by atoms with Gasteiger partial charge >= 0.3 is 0 Å². The topological polar surface area (TPSA) is 55.2 Å². The minimum Gasteiger partial charge on any atom is -0.272 e. The summed E-state index contributed by atoms with van der Waals surface area (Å²) in [5.74, 6) is 0. The van der Waals surface area contributed by atoms with Crippen molar-refractivity contribution >= 4 is 10.0 Å². The molecule has 0 aromatic carbocycles. The Morgan fingerprint density at radius 2 is 1.95 bits per heavy atom. The van der Waals surface area contributed by atoms with E-state index in [1.165, 1.54) is 17.5 Å². The summed E-state index contributed by atoms with van der Waals surface area (Å²) in [5, 5.41) is 4.57. The molecule has 0 N–H and O–H groups in total. The van der Waals surface area contributed by atoms with Crippen molar-refractivity contribution in [2.45, 2.75) is 57.5 Å². The van der Waals surface area contributed by atoms with E-state index in [2.05, 4.69) is 5.10 Å². The van der Waals surface area contributed by atoms with Gasteiger partial charge in [0.25, 0.3) is 0 Å². The molecule has 20 heavy (non-hydrogen) atoms. The summed E-state index contributed by atoms with van der Waals surface area (Å²) in [5.41, 5.74) is 3.55. The molecule has 1 fully saturated rings. The summed E-state index contributed by atoms with van der Waals surface area (Å²) in [7, 11) is -1.20. The summed E-state index contributed by atoms with van der Waals surface area (Å²) in [6.45, 7) is 0.451. The fourth-order valence-electron chi connectivity index (χ4n) is 3.68. The maximum atomic E-state index is 12.1. The summed E-state index contributed by atoms with van der Waals surface area (Å²) in [4.78, 5) is 0. The molecule has 0 unspecified atom stereocenters. The molecule has 2 aliphatic carbocycles. The number of rotatable bonds is 4. The van der Waals surface area contributed by atoms with Crippen LogP contribution in [0.5, 0.6) is 0 Å². The fraction of sp³-hybridized carbons (Fsp3) is 0.786. The first kappa shape index (κ1) is 14.1. The van der Waals surface area contributed by atoms with Crippen LogP contribution in [0, 0.1) is 0 Å². The van der Waals surface area contributed by atoms with Gasteiger partial charge in [-0.25, -0.2) is 8.42 Å². The van der Waals surface area contributed by atoms with Crippen LogP contribution in [-0.4, -0.2) is 34.8 Å². The summed E-state index contributed by atoms with van der Waals surface area (Å²) in [6, 6.07) is 0.170. The van der Waals surface area contributed by atoms with Gasteiger partial charge in [0.1, 0.15) is 0 Å². The van der Waals surface area contributed by atoms with Gasteiger partial charge in [-0.15, -0.1) is 0 Å². The molecule has 0 spiro atoms. The maximum absolute atomic E-state index is 12.1. The van der Waals surface area contributed by atoms with Crippen LogP contribution < -0.4 is 0 Å². The lowest BCUT2D eigenvalue weighted by molar-refractivity contribution is 0.314. The molecule has 1 heterocycles. The largest absolute Gasteiger partial charge is 0.272 e. The van der Waals surface area contributed by atoms with Crippen molar-refractivity contribution in [3.63, 3.8) is 0 Å². The Balaban J connectivity index is 1.89. The van der Waals surface area contributed by atoms with Gasteiger partial charge in [-0.05, 0) is 37.7 Å². The summed E-state index contributed by atoms with van der Waals surface area (Å²) >= 11 is 0. The molecule has 1 saturated carbocycles. The average molecular weight is 297 g/mol. The lowest BCUT2D eigenvalue weighted by atomic mass is 10.2. The number of hydrogen-bond acceptors (Lipinski definition) is 3. The molecule has 1 aromatic heterocycles. The van der Waals surface area contributed by atoms with E-state index < -0.39 is 10.0 Å². The fourth-order valence-corrected chi connectivity index (χ4v) is 4.79. The number of fused-ring (bicyclic) bond motifs is 1. The molecule has 3 rings (SSSR count). The zero-order chi connectivity index (χ0) is 14.3. The van der Waals surface area contributed by atoms with Gasteiger partial charge in [-0.3, -0.25) is 4.68 Å². The van der Waals surface area contributed by atoms with Crippen LogP contribution in [0.3, 0.4) is 0 Å². The van der Waals surface area contributed by atoms with Gasteiger partial charge in [0.05, 0.1) is 18.5 Å². The van der Waals surface area contributed by atoms with Crippen molar-refractivity contribution in [3.05, 3.63) is 17.0 Å². The van der Waals surface area contributed by atoms with Crippen LogP contribution in [0.15, 0.2) is 0 Å². The average Bonchev–Trinajstić information content (AvgIpc) is 3.04. The lowest BCUT2D eigenvalue weighted by Gasteiger charge is -2.25. The molecule has 2 aliphatic rings. The normalized spacial score (nSPS) is 19.9. The van der Waals surface area contributed by atoms with E-state index in [-0.39, 0.29) is 6.04 Å². The van der Waals surface area contributed by atoms with Crippen LogP contribution in [0.4, 0.5) is 0 Å². The van der Waals surface area contributed by atoms with E-state index in [4.69, 9.17) is 0 Å². The predicted molar refractivity (Wildman–Crippen MR) is 77.9 cm³/mol. The van der Waals surface area contributed by atoms with Crippen LogP contribution in [-0.2, 0) is 36.5 Å². The smallest absolute Gasteiger partial charge is 0.211 e. The zero-order valence-electron chi connectivity index (χ0n) is 12.3. The first-order chi connectivity index (χ1) is 9.47. The zero-order valence-corrected chi connectivity index (χ0v) is 13.1. The lowest BCUT2D eigenvalue weighted by Crippen LogP contribution is -2.37. The highest BCUT2D eigenvalue weighted by molar-refractivity contribution is 7.88. The highest BCUT2D eigenvalue weighted by atomic mass is 32.2. The van der Waals surface area contributed by atoms with E-state index in [0.29, 0.717) is 6.54 Å². The second-order valence-corrected chi connectivity index (χ2v) is 8.03. The van der Waals surface area contributed by atoms with E-state index in [0.717, 1.165) is 50.6 Å². The Bertz CT molecular complexity index is 600. The van der Waals surface area contributed by atoms with Crippen LogP contribution in [0.25, 0.3) is 0 Å². The second-order valence-electron chi connectivity index (χ2n) is 6.10. The minimum atomic E-state index is -3.17. The Labute approximate surface area is 121 Å². The van der Waals surface area contributed by atoms with Gasteiger partial charge in [-0.2, -0.15) is 9.40 Å². The van der Waals surface area contributed by atoms with Gasteiger partial charge in [0, 0.05) is 18.8 Å². The minimum absolute atomic E-state index is 0.170. The van der Waals surface area contributed by atoms with Crippen LogP contribution in [0.1, 0.15) is 49.1 Å². The third kappa shape index (κ3) is 2.51. The van der Waals surface area contributed by atoms with Gasteiger partial charge in [-0.1, -0.05) is 12.8 Å². The van der Waals surface area contributed by atoms with Crippen molar-refractivity contribution in [2.75, 3.05) is 6.26 Å². The molecule has 0 radical (unpaired) electrons. The van der Waals surface area contributed by atoms with Crippen molar-refractivity contribution in [2.24, 2.45) is 7.05 Å². The van der Waals surface area contributed by atoms with E-state index in [1.54, 1.807) is 4.31 Å². The van der Waals surface area contributed by atoms with Crippen molar-refractivity contribution in [1.82, 2.24) is 14.1 Å². The molecule has 1 aromatic rings. The van der Waals surface area contributed by atoms with Crippen LogP contribution >= 0.6 is 0 Å². The first-order valence-electron chi connectivity index (χ1n) is 7.47. The van der Waals surface area contributed by atoms with Gasteiger partial charge in [0.2, 0.25) is 10.0 Å². The molecule has 0 saturated heterocycles. The number of hydrogen-bond donors (Lipinski definition) is 0. The predicted octanol–water partition coefficient (Wildman–Crippen LogP) is 1.61. The quantitative estimate of drug-likeness (QED) is 0.848. The molecule has 0 bridgehead atoms. The van der Waals surface area contributed by atoms with Crippen LogP contribution in [0.2, 0.25) is 0 Å². The van der Waals surface area contributed by atoms with Crippen molar-refractivity contribution in [1.29, 1.82) is 0 Å². The first-order valence-corrected chi connectivity index (χ1v) is 9.32. The van der Waals surface area contributed by atoms with Crippen molar-refractivity contribution in [3.8, 4) is 0 Å². The maximum Gasteiger partial charge on any atom is 0.211 e. The van der Waals surface area contributed by atoms with E-state index in [1.807, 2.05) is 11.7 Å². The highest BCUT2D eigenvalue weighted by Crippen LogP contribution is 2.30. The number of aryl methyl sites for hydroxylation is 1. The Morgan fingerprint density at radius 3 is 2.60 bits per heavy atom. The van der Waals surface area contributed by atoms with Crippen molar-refractivity contribution < 1.29 is 8.42 Å². The molecule has 0 amide bonds. The molecule has 6 heteroatoms. The number of nitrogens with zero attached hydrogens (tertiary/aromatic N) is 3. The SMILES string of the molecule is Cn1nc(CN(C2CCCC2)S(C)(=O)=O)c2c1CCC2. The molecule has 112 valence electrons. The van der Waals surface area contributed by atoms with Gasteiger partial charge in [0.15, 0.2) is 0 Å². The third-order valence-electron chi connectivity index (χ3n) is 4.66. The molecule has 5 nitrogen and oxygen atoms in total. The number of aromatic nitrogens is 2. The molecular formula is C14H23N3O2S. The standard InChI is InChI=1S/C14H23N3O2S/c1-16-14-9-5-8-12(14)13(15-16)10-17(20(2,18)19)11-6-3-4-7-11/h11H,3-10H2,1-2H3. The monoisotopic (exact) mass is 297 g/mol. The van der Waals surface area contributed by atoms with E-state index in [9.17, 15) is 8.42 Å². The van der Waals surface area contributed by atoms with E-state index >= 15 is 0 Å². The number of sulfonamides is 1. The molecule has 0 aliphatic heterocycles. The summed E-state index contributed by atoms with van der Waals surface area (Å²) in [6.07, 6.45) is 8.85. The summed E-state index contributed by atoms with van der Waals surface area (Å²) < 4.78 is 27.9. The molecule has 0 atom stereocenters.